The first-order chi connectivity index (χ1) is 8.42. The number of aromatic nitrogens is 2. The second kappa shape index (κ2) is 6.75. The molecule has 1 aromatic rings. The molecular formula is C11H18F3N3O. The van der Waals surface area contributed by atoms with Crippen molar-refractivity contribution in [3.05, 3.63) is 18.2 Å². The molecule has 0 aromatic carbocycles. The molecule has 1 rings (SSSR count). The Labute approximate surface area is 104 Å². The number of imidazole rings is 1. The lowest BCUT2D eigenvalue weighted by Crippen LogP contribution is -2.27. The topological polar surface area (TPSA) is 53.1 Å². The largest absolute Gasteiger partial charge is 0.411 e. The van der Waals surface area contributed by atoms with Crippen molar-refractivity contribution in [3.63, 3.8) is 0 Å². The Hall–Kier alpha value is -1.08. The van der Waals surface area contributed by atoms with Gasteiger partial charge < -0.3 is 15.0 Å². The molecule has 0 aliphatic carbocycles. The average molecular weight is 265 g/mol. The van der Waals surface area contributed by atoms with Crippen LogP contribution in [0.1, 0.15) is 19.2 Å². The third kappa shape index (κ3) is 5.50. The van der Waals surface area contributed by atoms with Crippen LogP contribution < -0.4 is 5.73 Å². The molecule has 1 aromatic heterocycles. The Bertz CT molecular complexity index is 352. The zero-order chi connectivity index (χ0) is 13.6. The van der Waals surface area contributed by atoms with Gasteiger partial charge in [-0.05, 0) is 13.3 Å². The molecule has 4 nitrogen and oxygen atoms in total. The van der Waals surface area contributed by atoms with Crippen molar-refractivity contribution < 1.29 is 17.9 Å². The van der Waals surface area contributed by atoms with E-state index in [4.69, 9.17) is 5.73 Å². The SMILES string of the molecule is CCn1ccnc1CC(N)CCOCC(F)(F)F. The quantitative estimate of drug-likeness (QED) is 0.764. The van der Waals surface area contributed by atoms with Gasteiger partial charge >= 0.3 is 6.18 Å². The standard InChI is InChI=1S/C11H18F3N3O/c1-2-17-5-4-16-10(17)7-9(15)3-6-18-8-11(12,13)14/h4-5,9H,2-3,6-8,15H2,1H3. The number of aryl methyl sites for hydroxylation is 1. The number of nitrogens with two attached hydrogens (primary N) is 1. The lowest BCUT2D eigenvalue weighted by atomic mass is 10.1. The molecule has 0 saturated heterocycles. The van der Waals surface area contributed by atoms with Gasteiger partial charge in [-0.3, -0.25) is 0 Å². The van der Waals surface area contributed by atoms with Gasteiger partial charge in [-0.15, -0.1) is 0 Å². The molecule has 0 radical (unpaired) electrons. The summed E-state index contributed by atoms with van der Waals surface area (Å²) in [6, 6.07) is -0.245. The fraction of sp³-hybridized carbons (Fsp3) is 0.727. The van der Waals surface area contributed by atoms with Gasteiger partial charge in [0.05, 0.1) is 0 Å². The van der Waals surface area contributed by atoms with Crippen LogP contribution in [0.5, 0.6) is 0 Å². The van der Waals surface area contributed by atoms with E-state index >= 15 is 0 Å². The molecule has 0 amide bonds. The Morgan fingerprint density at radius 3 is 2.83 bits per heavy atom. The smallest absolute Gasteiger partial charge is 0.372 e. The van der Waals surface area contributed by atoms with Crippen molar-refractivity contribution in [1.29, 1.82) is 0 Å². The number of nitrogens with zero attached hydrogens (tertiary/aromatic N) is 2. The highest BCUT2D eigenvalue weighted by Gasteiger charge is 2.27. The van der Waals surface area contributed by atoms with E-state index < -0.39 is 12.8 Å². The maximum absolute atomic E-state index is 11.8. The van der Waals surface area contributed by atoms with Crippen molar-refractivity contribution in [3.8, 4) is 0 Å². The van der Waals surface area contributed by atoms with E-state index in [0.29, 0.717) is 12.8 Å². The van der Waals surface area contributed by atoms with Crippen LogP contribution >= 0.6 is 0 Å². The summed E-state index contributed by atoms with van der Waals surface area (Å²) in [6.45, 7) is 1.58. The second-order valence-electron chi connectivity index (χ2n) is 4.05. The fourth-order valence-electron chi connectivity index (χ4n) is 1.58. The predicted octanol–water partition coefficient (Wildman–Crippen LogP) is 1.74. The van der Waals surface area contributed by atoms with Gasteiger partial charge in [0.25, 0.3) is 0 Å². The summed E-state index contributed by atoms with van der Waals surface area (Å²) in [5, 5.41) is 0. The molecule has 7 heteroatoms. The molecule has 0 aliphatic heterocycles. The first kappa shape index (κ1) is 15.0. The zero-order valence-corrected chi connectivity index (χ0v) is 10.3. The number of hydrogen-bond donors (Lipinski definition) is 1. The first-order valence-electron chi connectivity index (χ1n) is 5.82. The van der Waals surface area contributed by atoms with Gasteiger partial charge in [0.1, 0.15) is 12.4 Å². The van der Waals surface area contributed by atoms with Gasteiger partial charge in [0.15, 0.2) is 0 Å². The van der Waals surface area contributed by atoms with Gasteiger partial charge in [0, 0.05) is 38.0 Å². The Morgan fingerprint density at radius 2 is 2.22 bits per heavy atom. The second-order valence-corrected chi connectivity index (χ2v) is 4.05. The highest BCUT2D eigenvalue weighted by Crippen LogP contribution is 2.14. The minimum absolute atomic E-state index is 0.00745. The molecule has 1 unspecified atom stereocenters. The normalized spacial score (nSPS) is 13.8. The zero-order valence-electron chi connectivity index (χ0n) is 10.3. The highest BCUT2D eigenvalue weighted by molar-refractivity contribution is 4.94. The molecule has 18 heavy (non-hydrogen) atoms. The lowest BCUT2D eigenvalue weighted by molar-refractivity contribution is -0.174. The average Bonchev–Trinajstić information content (AvgIpc) is 2.70. The van der Waals surface area contributed by atoms with E-state index in [9.17, 15) is 13.2 Å². The predicted molar refractivity (Wildman–Crippen MR) is 61.1 cm³/mol. The van der Waals surface area contributed by atoms with Gasteiger partial charge in [0.2, 0.25) is 0 Å². The number of hydrogen-bond acceptors (Lipinski definition) is 3. The van der Waals surface area contributed by atoms with Gasteiger partial charge in [-0.1, -0.05) is 0 Å². The van der Waals surface area contributed by atoms with Crippen LogP contribution in [0.4, 0.5) is 13.2 Å². The molecular weight excluding hydrogens is 247 g/mol. The molecule has 104 valence electrons. The molecule has 0 fully saturated rings. The summed E-state index contributed by atoms with van der Waals surface area (Å²) in [5.74, 6) is 0.848. The van der Waals surface area contributed by atoms with E-state index in [2.05, 4.69) is 9.72 Å². The summed E-state index contributed by atoms with van der Waals surface area (Å²) in [6.07, 6.45) is 0.180. The third-order valence-corrected chi connectivity index (χ3v) is 2.49. The van der Waals surface area contributed by atoms with E-state index in [0.717, 1.165) is 12.4 Å². The Balaban J connectivity index is 2.24. The maximum Gasteiger partial charge on any atom is 0.411 e. The molecule has 0 saturated carbocycles. The van der Waals surface area contributed by atoms with Crippen molar-refractivity contribution in [1.82, 2.24) is 9.55 Å². The summed E-state index contributed by atoms with van der Waals surface area (Å²) in [5.41, 5.74) is 5.82. The summed E-state index contributed by atoms with van der Waals surface area (Å²) >= 11 is 0. The highest BCUT2D eigenvalue weighted by atomic mass is 19.4. The Kier molecular flexibility index (Phi) is 5.61. The van der Waals surface area contributed by atoms with Crippen molar-refractivity contribution in [2.24, 2.45) is 5.73 Å². The van der Waals surface area contributed by atoms with Gasteiger partial charge in [-0.2, -0.15) is 13.2 Å². The van der Waals surface area contributed by atoms with Crippen LogP contribution in [-0.2, 0) is 17.7 Å². The van der Waals surface area contributed by atoms with Crippen LogP contribution in [0.2, 0.25) is 0 Å². The minimum Gasteiger partial charge on any atom is -0.372 e. The third-order valence-electron chi connectivity index (χ3n) is 2.49. The minimum atomic E-state index is -4.28. The van der Waals surface area contributed by atoms with Crippen LogP contribution in [0.3, 0.4) is 0 Å². The summed E-state index contributed by atoms with van der Waals surface area (Å²) in [4.78, 5) is 4.16. The molecule has 0 spiro atoms. The van der Waals surface area contributed by atoms with Crippen molar-refractivity contribution >= 4 is 0 Å². The van der Waals surface area contributed by atoms with Crippen molar-refractivity contribution in [2.75, 3.05) is 13.2 Å². The molecule has 2 N–H and O–H groups in total. The van der Waals surface area contributed by atoms with Gasteiger partial charge in [-0.25, -0.2) is 4.98 Å². The van der Waals surface area contributed by atoms with Crippen LogP contribution in [0, 0.1) is 0 Å². The summed E-state index contributed by atoms with van der Waals surface area (Å²) < 4.78 is 41.9. The molecule has 0 aliphatic rings. The summed E-state index contributed by atoms with van der Waals surface area (Å²) in [7, 11) is 0. The van der Waals surface area contributed by atoms with E-state index in [1.54, 1.807) is 6.20 Å². The van der Waals surface area contributed by atoms with E-state index in [1.165, 1.54) is 0 Å². The molecule has 1 heterocycles. The fourth-order valence-corrected chi connectivity index (χ4v) is 1.58. The number of halogens is 3. The van der Waals surface area contributed by atoms with E-state index in [1.807, 2.05) is 17.7 Å². The molecule has 0 bridgehead atoms. The van der Waals surface area contributed by atoms with E-state index in [-0.39, 0.29) is 12.6 Å². The molecule has 1 atom stereocenters. The Morgan fingerprint density at radius 1 is 1.50 bits per heavy atom. The maximum atomic E-state index is 11.8. The van der Waals surface area contributed by atoms with Crippen molar-refractivity contribution in [2.45, 2.75) is 38.5 Å². The number of ether oxygens (including phenoxy) is 1. The lowest BCUT2D eigenvalue weighted by Gasteiger charge is -2.13. The number of rotatable bonds is 7. The first-order valence-corrected chi connectivity index (χ1v) is 5.82. The van der Waals surface area contributed by atoms with Crippen LogP contribution in [0.15, 0.2) is 12.4 Å². The monoisotopic (exact) mass is 265 g/mol. The number of alkyl halides is 3. The van der Waals surface area contributed by atoms with Crippen LogP contribution in [0.25, 0.3) is 0 Å². The van der Waals surface area contributed by atoms with Crippen LogP contribution in [-0.4, -0.2) is 35.0 Å².